The summed E-state index contributed by atoms with van der Waals surface area (Å²) in [7, 11) is 0.0703. The summed E-state index contributed by atoms with van der Waals surface area (Å²) < 4.78 is 23.6. The van der Waals surface area contributed by atoms with Crippen LogP contribution in [0.1, 0.15) is 232 Å². The van der Waals surface area contributed by atoms with Crippen LogP contribution in [0.2, 0.25) is 0 Å². The predicted octanol–water partition coefficient (Wildman–Crippen LogP) is 11.7. The molecule has 10 heteroatoms. The summed E-state index contributed by atoms with van der Waals surface area (Å²) in [6, 6.07) is 0. The third-order valence-electron chi connectivity index (χ3n) is 11.2. The Bertz CT molecular complexity index is 1410. The number of phosphoric acid groups is 1. The lowest BCUT2D eigenvalue weighted by molar-refractivity contribution is -0.874. The van der Waals surface area contributed by atoms with Crippen LogP contribution in [0.5, 0.6) is 0 Å². The fraction of sp³-hybridized carbons (Fsp3) is 0.815. The Hall–Kier alpha value is -2.43. The fourth-order valence-corrected chi connectivity index (χ4v) is 8.57. The molecule has 0 aromatic carbocycles. The van der Waals surface area contributed by atoms with Crippen molar-refractivity contribution in [3.05, 3.63) is 0 Å². The van der Waals surface area contributed by atoms with Crippen LogP contribution >= 0.6 is 7.82 Å². The average Bonchev–Trinajstić information content (AvgIpc) is 3.25. The van der Waals surface area contributed by atoms with Gasteiger partial charge in [-0.15, -0.1) is 0 Å². The van der Waals surface area contributed by atoms with Crippen molar-refractivity contribution in [3.8, 4) is 47.4 Å². The molecular formula is C54H92NO8P. The molecule has 2 N–H and O–H groups in total. The predicted molar refractivity (Wildman–Crippen MR) is 263 cm³/mol. The number of carbonyl (C=O) groups is 2. The lowest BCUT2D eigenvalue weighted by Gasteiger charge is -2.40. The molecule has 0 bridgehead atoms. The normalized spacial score (nSPS) is 12.7. The summed E-state index contributed by atoms with van der Waals surface area (Å²) in [5.41, 5.74) is -2.26. The smallest absolute Gasteiger partial charge is 0.269 e. The van der Waals surface area contributed by atoms with Gasteiger partial charge in [-0.25, -0.2) is 0 Å². The van der Waals surface area contributed by atoms with Crippen molar-refractivity contribution >= 4 is 19.4 Å². The number of phosphoric ester groups is 1. The van der Waals surface area contributed by atoms with E-state index in [1.807, 2.05) is 0 Å². The highest BCUT2D eigenvalue weighted by Crippen LogP contribution is 2.45. The Morgan fingerprint density at radius 1 is 0.547 bits per heavy atom. The lowest BCUT2D eigenvalue weighted by atomic mass is 9.86. The van der Waals surface area contributed by atoms with Crippen LogP contribution in [-0.2, 0) is 23.2 Å². The molecule has 0 radical (unpaired) electrons. The van der Waals surface area contributed by atoms with Gasteiger partial charge in [-0.05, 0) is 62.2 Å². The number of ketones is 2. The minimum absolute atomic E-state index is 0.0121. The number of unbranched alkanes of at least 4 members (excludes halogenated alkanes) is 28. The lowest BCUT2D eigenvalue weighted by Crippen LogP contribution is -2.60. The van der Waals surface area contributed by atoms with Gasteiger partial charge in [-0.2, -0.15) is 0 Å². The quantitative estimate of drug-likeness (QED) is 0.0203. The largest absolute Gasteiger partial charge is 0.756 e. The fourth-order valence-electron chi connectivity index (χ4n) is 7.52. The summed E-state index contributed by atoms with van der Waals surface area (Å²) in [4.78, 5) is 41.2. The van der Waals surface area contributed by atoms with E-state index in [4.69, 9.17) is 9.05 Å². The minimum atomic E-state index is -5.25. The number of rotatable bonds is 42. The molecule has 0 aliphatic heterocycles. The molecule has 0 aromatic heterocycles. The summed E-state index contributed by atoms with van der Waals surface area (Å²) >= 11 is 0. The number of hydrogen-bond donors (Lipinski definition) is 2. The second kappa shape index (κ2) is 42.0. The van der Waals surface area contributed by atoms with Gasteiger partial charge in [0.15, 0.2) is 11.6 Å². The second-order valence-electron chi connectivity index (χ2n) is 18.7. The highest BCUT2D eigenvalue weighted by atomic mass is 31.2. The summed E-state index contributed by atoms with van der Waals surface area (Å²) in [5, 5.41) is 18.9. The van der Waals surface area contributed by atoms with Crippen LogP contribution in [0.25, 0.3) is 0 Å². The van der Waals surface area contributed by atoms with Gasteiger partial charge in [0.1, 0.15) is 12.6 Å². The summed E-state index contributed by atoms with van der Waals surface area (Å²) in [5.74, 6) is 23.4. The number of carbonyl (C=O) groups excluding carboxylic acids is 2. The zero-order valence-corrected chi connectivity index (χ0v) is 42.4. The number of quaternary nitrogens is 1. The molecule has 0 spiro atoms. The van der Waals surface area contributed by atoms with Crippen molar-refractivity contribution in [2.45, 2.75) is 244 Å². The number of aliphatic hydroxyl groups is 2. The number of likely N-dealkylation sites (N-methyl/N-ethyl adjacent to an activating group) is 1. The minimum Gasteiger partial charge on any atom is -0.756 e. The van der Waals surface area contributed by atoms with E-state index in [1.54, 1.807) is 21.1 Å². The van der Waals surface area contributed by atoms with E-state index in [2.05, 4.69) is 61.2 Å². The summed E-state index contributed by atoms with van der Waals surface area (Å²) in [6.07, 6.45) is 32.9. The monoisotopic (exact) mass is 914 g/mol. The summed E-state index contributed by atoms with van der Waals surface area (Å²) in [6.45, 7) is 2.82. The molecule has 0 aliphatic carbocycles. The van der Waals surface area contributed by atoms with E-state index in [1.165, 1.54) is 89.9 Å². The van der Waals surface area contributed by atoms with Gasteiger partial charge in [-0.1, -0.05) is 179 Å². The molecule has 0 amide bonds. The van der Waals surface area contributed by atoms with Crippen molar-refractivity contribution < 1.29 is 42.8 Å². The van der Waals surface area contributed by atoms with Crippen molar-refractivity contribution in [3.63, 3.8) is 0 Å². The van der Waals surface area contributed by atoms with Crippen molar-refractivity contribution in [1.29, 1.82) is 0 Å². The van der Waals surface area contributed by atoms with E-state index < -0.39 is 44.3 Å². The third-order valence-corrected chi connectivity index (χ3v) is 12.2. The number of aliphatic hydroxyl groups excluding tert-OH is 2. The highest BCUT2D eigenvalue weighted by molar-refractivity contribution is 7.46. The standard InChI is InChI=1S/C54H92NO8P/c1-6-8-10-12-14-16-18-20-22-24-26-28-30-32-34-36-38-40-42-44-46-52(58)54(50-55(3,4)5,63-64(60,61)62-49-51(57)48-56)53(59)47-45-43-41-39-37-35-33-31-29-27-25-23-21-19-17-15-13-11-9-7-2/h51,56-57H,6-23,32-50H2,1-5H3/t51-/m1/s1. The molecule has 0 aromatic rings. The Labute approximate surface area is 393 Å². The van der Waals surface area contributed by atoms with Crippen LogP contribution in [0.15, 0.2) is 0 Å². The molecule has 0 heterocycles. The van der Waals surface area contributed by atoms with Crippen LogP contribution in [-0.4, -0.2) is 78.9 Å². The Balaban J connectivity index is 4.92. The van der Waals surface area contributed by atoms with Crippen LogP contribution in [0, 0.1) is 47.4 Å². The maximum absolute atomic E-state index is 14.1. The van der Waals surface area contributed by atoms with Crippen molar-refractivity contribution in [2.24, 2.45) is 0 Å². The Kier molecular flexibility index (Phi) is 40.4. The second-order valence-corrected chi connectivity index (χ2v) is 20.0. The van der Waals surface area contributed by atoms with Crippen molar-refractivity contribution in [2.75, 3.05) is 40.9 Å². The third kappa shape index (κ3) is 37.8. The molecule has 9 nitrogen and oxygen atoms in total. The zero-order chi connectivity index (χ0) is 47.5. The Morgan fingerprint density at radius 3 is 1.14 bits per heavy atom. The average molecular weight is 914 g/mol. The van der Waals surface area contributed by atoms with Crippen LogP contribution < -0.4 is 4.89 Å². The maximum atomic E-state index is 14.1. The number of nitrogens with zero attached hydrogens (tertiary/aromatic N) is 1. The topological polar surface area (TPSA) is 133 Å². The SMILES string of the molecule is CCCCCCCCCCC#CC#CCCCCCCCCC(=O)C(C[N+](C)(C)C)(OP(=O)([O-])OC[C@H](O)CO)C(=O)CCCCCCCCC#CC#CCCCCCCCCCC. The van der Waals surface area contributed by atoms with Gasteiger partial charge in [0, 0.05) is 38.5 Å². The molecule has 366 valence electrons. The first kappa shape index (κ1) is 61.6. The molecule has 0 saturated carbocycles. The van der Waals surface area contributed by atoms with Crippen LogP contribution in [0.4, 0.5) is 0 Å². The number of Topliss-reactive ketones (excluding diaryl/α,β-unsaturated/α-hetero) is 2. The van der Waals surface area contributed by atoms with Gasteiger partial charge >= 0.3 is 0 Å². The first-order valence-electron chi connectivity index (χ1n) is 25.6. The molecule has 1 unspecified atom stereocenters. The van der Waals surface area contributed by atoms with Gasteiger partial charge in [0.2, 0.25) is 5.60 Å². The van der Waals surface area contributed by atoms with E-state index in [0.29, 0.717) is 12.8 Å². The van der Waals surface area contributed by atoms with Crippen LogP contribution in [0.3, 0.4) is 0 Å². The molecule has 0 aliphatic rings. The molecule has 0 saturated heterocycles. The molecule has 64 heavy (non-hydrogen) atoms. The van der Waals surface area contributed by atoms with Crippen molar-refractivity contribution in [1.82, 2.24) is 0 Å². The molecule has 0 rings (SSSR count). The van der Waals surface area contributed by atoms with Gasteiger partial charge < -0.3 is 24.1 Å². The first-order chi connectivity index (χ1) is 30.8. The van der Waals surface area contributed by atoms with Gasteiger partial charge in [-0.3, -0.25) is 18.7 Å². The van der Waals surface area contributed by atoms with E-state index in [0.717, 1.165) is 103 Å². The maximum Gasteiger partial charge on any atom is 0.269 e. The number of hydrogen-bond acceptors (Lipinski definition) is 8. The molecule has 2 atom stereocenters. The van der Waals surface area contributed by atoms with E-state index in [9.17, 15) is 29.3 Å². The zero-order valence-electron chi connectivity index (χ0n) is 41.5. The molecular weight excluding hydrogens is 822 g/mol. The highest BCUT2D eigenvalue weighted by Gasteiger charge is 2.52. The van der Waals surface area contributed by atoms with E-state index >= 15 is 0 Å². The van der Waals surface area contributed by atoms with E-state index in [-0.39, 0.29) is 23.9 Å². The molecule has 0 fully saturated rings. The van der Waals surface area contributed by atoms with Gasteiger partial charge in [0.05, 0.1) is 34.4 Å². The van der Waals surface area contributed by atoms with Gasteiger partial charge in [0.25, 0.3) is 7.82 Å². The Morgan fingerprint density at radius 2 is 0.844 bits per heavy atom. The first-order valence-corrected chi connectivity index (χ1v) is 27.0.